The molecule has 3 aromatic rings. The van der Waals surface area contributed by atoms with Crippen molar-refractivity contribution in [1.29, 1.82) is 0 Å². The lowest BCUT2D eigenvalue weighted by Gasteiger charge is -2.16. The Morgan fingerprint density at radius 3 is 2.86 bits per heavy atom. The van der Waals surface area contributed by atoms with Crippen LogP contribution in [-0.2, 0) is 18.2 Å². The van der Waals surface area contributed by atoms with E-state index in [0.717, 1.165) is 3.57 Å². The molecule has 0 amide bonds. The van der Waals surface area contributed by atoms with Crippen molar-refractivity contribution in [1.82, 2.24) is 9.55 Å². The van der Waals surface area contributed by atoms with Gasteiger partial charge in [-0.1, -0.05) is 6.07 Å². The van der Waals surface area contributed by atoms with Gasteiger partial charge in [0.2, 0.25) is 0 Å². The van der Waals surface area contributed by atoms with Gasteiger partial charge < -0.3 is 14.4 Å². The third kappa shape index (κ3) is 4.13. The molecule has 6 nitrogen and oxygen atoms in total. The first kappa shape index (κ1) is 20.6. The van der Waals surface area contributed by atoms with E-state index in [1.807, 2.05) is 22.6 Å². The van der Waals surface area contributed by atoms with Crippen LogP contribution in [0.3, 0.4) is 0 Å². The summed E-state index contributed by atoms with van der Waals surface area (Å²) in [7, 11) is 1.56. The fourth-order valence-electron chi connectivity index (χ4n) is 3.03. The van der Waals surface area contributed by atoms with Crippen LogP contribution in [0.25, 0.3) is 10.9 Å². The van der Waals surface area contributed by atoms with E-state index >= 15 is 0 Å². The first-order valence-corrected chi connectivity index (χ1v) is 9.64. The summed E-state index contributed by atoms with van der Waals surface area (Å²) in [6.45, 7) is -0.461. The van der Waals surface area contributed by atoms with E-state index in [2.05, 4.69) is 4.98 Å². The van der Waals surface area contributed by atoms with Crippen molar-refractivity contribution < 1.29 is 19.0 Å². The molecule has 0 saturated carbocycles. The van der Waals surface area contributed by atoms with Crippen LogP contribution >= 0.6 is 22.6 Å². The van der Waals surface area contributed by atoms with Gasteiger partial charge in [-0.15, -0.1) is 0 Å². The van der Waals surface area contributed by atoms with E-state index in [4.69, 9.17) is 9.84 Å². The lowest BCUT2D eigenvalue weighted by Crippen LogP contribution is -2.27. The van der Waals surface area contributed by atoms with Gasteiger partial charge >= 0.3 is 0 Å². The van der Waals surface area contributed by atoms with Gasteiger partial charge in [0.25, 0.3) is 5.56 Å². The Hall–Kier alpha value is -2.17. The number of aromatic nitrogens is 2. The third-order valence-electron chi connectivity index (χ3n) is 4.39. The topological polar surface area (TPSA) is 81.4 Å². The molecule has 0 radical (unpaired) electrons. The second-order valence-corrected chi connectivity index (χ2v) is 7.44. The molecule has 1 N–H and O–H groups in total. The molecule has 0 aliphatic rings. The van der Waals surface area contributed by atoms with E-state index in [0.29, 0.717) is 16.6 Å². The number of pyridine rings is 2. The number of fused-ring (bicyclic) bond motifs is 1. The maximum absolute atomic E-state index is 14.4. The van der Waals surface area contributed by atoms with Gasteiger partial charge in [-0.3, -0.25) is 14.6 Å². The van der Waals surface area contributed by atoms with Crippen LogP contribution < -0.4 is 5.56 Å². The van der Waals surface area contributed by atoms with Gasteiger partial charge in [0, 0.05) is 28.9 Å². The van der Waals surface area contributed by atoms with Crippen molar-refractivity contribution in [3.8, 4) is 0 Å². The Morgan fingerprint density at radius 1 is 1.36 bits per heavy atom. The molecular weight excluding hydrogens is 478 g/mol. The number of nitrogens with zero attached hydrogens (tertiary/aromatic N) is 2. The molecule has 8 heteroatoms. The number of aliphatic hydroxyl groups is 1. The van der Waals surface area contributed by atoms with Crippen molar-refractivity contribution in [2.45, 2.75) is 6.42 Å². The van der Waals surface area contributed by atoms with Crippen molar-refractivity contribution in [3.05, 3.63) is 73.1 Å². The Labute approximate surface area is 174 Å². The average Bonchev–Trinajstić information content (AvgIpc) is 2.68. The summed E-state index contributed by atoms with van der Waals surface area (Å²) in [6.07, 6.45) is 1.56. The number of halogens is 2. The average molecular weight is 496 g/mol. The molecule has 28 heavy (non-hydrogen) atoms. The molecule has 0 atom stereocenters. The second-order valence-electron chi connectivity index (χ2n) is 6.20. The Bertz CT molecular complexity index is 1100. The summed E-state index contributed by atoms with van der Waals surface area (Å²) in [4.78, 5) is 29.9. The highest BCUT2D eigenvalue weighted by atomic mass is 127. The molecule has 0 aliphatic heterocycles. The van der Waals surface area contributed by atoms with Crippen molar-refractivity contribution in [2.75, 3.05) is 19.8 Å². The molecule has 0 aliphatic carbocycles. The minimum absolute atomic E-state index is 0.0178. The summed E-state index contributed by atoms with van der Waals surface area (Å²) in [5, 5.41) is 9.18. The zero-order chi connectivity index (χ0) is 20.3. The van der Waals surface area contributed by atoms with Crippen LogP contribution in [0.2, 0.25) is 0 Å². The molecule has 2 aromatic heterocycles. The smallest absolute Gasteiger partial charge is 0.260 e. The monoisotopic (exact) mass is 496 g/mol. The van der Waals surface area contributed by atoms with E-state index in [1.165, 1.54) is 16.8 Å². The predicted octanol–water partition coefficient (Wildman–Crippen LogP) is 2.46. The van der Waals surface area contributed by atoms with Gasteiger partial charge in [-0.25, -0.2) is 4.39 Å². The van der Waals surface area contributed by atoms with E-state index in [9.17, 15) is 14.0 Å². The van der Waals surface area contributed by atoms with Gasteiger partial charge in [-0.2, -0.15) is 0 Å². The van der Waals surface area contributed by atoms with E-state index < -0.39 is 5.82 Å². The van der Waals surface area contributed by atoms with E-state index in [1.54, 1.807) is 31.3 Å². The number of benzene rings is 1. The molecular formula is C20H18FIN2O4. The van der Waals surface area contributed by atoms with Crippen molar-refractivity contribution >= 4 is 39.3 Å². The van der Waals surface area contributed by atoms with Crippen LogP contribution in [-0.4, -0.2) is 40.3 Å². The number of ether oxygens (including phenoxy) is 1. The molecule has 0 fully saturated rings. The number of rotatable bonds is 7. The molecule has 146 valence electrons. The molecule has 1 aromatic carbocycles. The first-order valence-electron chi connectivity index (χ1n) is 8.56. The second kappa shape index (κ2) is 8.89. The third-order valence-corrected chi connectivity index (χ3v) is 5.06. The summed E-state index contributed by atoms with van der Waals surface area (Å²) in [6, 6.07) is 8.03. The normalized spacial score (nSPS) is 11.1. The molecule has 0 spiro atoms. The lowest BCUT2D eigenvalue weighted by atomic mass is 9.99. The van der Waals surface area contributed by atoms with Crippen LogP contribution in [0.1, 0.15) is 21.6 Å². The molecule has 0 unspecified atom stereocenters. The first-order chi connectivity index (χ1) is 13.4. The fourth-order valence-corrected chi connectivity index (χ4v) is 3.48. The molecule has 0 bridgehead atoms. The van der Waals surface area contributed by atoms with Crippen LogP contribution in [0, 0.1) is 9.39 Å². The van der Waals surface area contributed by atoms with Gasteiger partial charge in [0.15, 0.2) is 5.78 Å². The molecule has 0 saturated heterocycles. The van der Waals surface area contributed by atoms with Gasteiger partial charge in [0.05, 0.1) is 29.7 Å². The highest BCUT2D eigenvalue weighted by Crippen LogP contribution is 2.23. The number of hydrogen-bond acceptors (Lipinski definition) is 5. The summed E-state index contributed by atoms with van der Waals surface area (Å²) < 4.78 is 21.7. The van der Waals surface area contributed by atoms with Gasteiger partial charge in [0.1, 0.15) is 12.4 Å². The quantitative estimate of drug-likeness (QED) is 0.309. The van der Waals surface area contributed by atoms with Gasteiger partial charge in [-0.05, 0) is 52.4 Å². The van der Waals surface area contributed by atoms with E-state index in [-0.39, 0.29) is 48.7 Å². The summed E-state index contributed by atoms with van der Waals surface area (Å²) >= 11 is 2.02. The van der Waals surface area contributed by atoms with Crippen molar-refractivity contribution in [3.63, 3.8) is 0 Å². The summed E-state index contributed by atoms with van der Waals surface area (Å²) in [5.74, 6) is -0.788. The minimum atomic E-state index is -0.407. The minimum Gasteiger partial charge on any atom is -0.394 e. The number of hydrogen-bond donors (Lipinski definition) is 1. The van der Waals surface area contributed by atoms with Crippen LogP contribution in [0.5, 0.6) is 0 Å². The number of aliphatic hydroxyl groups excluding tert-OH is 1. The van der Waals surface area contributed by atoms with Crippen LogP contribution in [0.15, 0.2) is 41.3 Å². The maximum atomic E-state index is 14.4. The standard InChI is InChI=1S/C20H18FIN2O4/c1-24-16(9-12-4-5-13(22)10-15(12)21)18(17(26)11-28-8-7-25)19-14(20(24)27)3-2-6-23-19/h2-6,10,25H,7-9,11H2,1H3. The Kier molecular flexibility index (Phi) is 6.53. The number of ketones is 1. The van der Waals surface area contributed by atoms with Crippen molar-refractivity contribution in [2.24, 2.45) is 7.05 Å². The molecule has 2 heterocycles. The molecule has 3 rings (SSSR count). The fraction of sp³-hybridized carbons (Fsp3) is 0.250. The number of carbonyl (C=O) groups excluding carboxylic acids is 1. The number of Topliss-reactive ketones (excluding diaryl/α,β-unsaturated/α-hetero) is 1. The highest BCUT2D eigenvalue weighted by Gasteiger charge is 2.22. The van der Waals surface area contributed by atoms with Crippen LogP contribution in [0.4, 0.5) is 4.39 Å². The Balaban J connectivity index is 2.19. The summed E-state index contributed by atoms with van der Waals surface area (Å²) in [5.41, 5.74) is 0.930. The Morgan fingerprint density at radius 2 is 2.14 bits per heavy atom. The maximum Gasteiger partial charge on any atom is 0.260 e. The zero-order valence-corrected chi connectivity index (χ0v) is 17.3. The highest BCUT2D eigenvalue weighted by molar-refractivity contribution is 14.1. The SMILES string of the molecule is Cn1c(Cc2ccc(I)cc2F)c(C(=O)COCCO)c2ncccc2c1=O. The zero-order valence-electron chi connectivity index (χ0n) is 15.1. The predicted molar refractivity (Wildman–Crippen MR) is 111 cm³/mol. The number of carbonyl (C=O) groups is 1. The lowest BCUT2D eigenvalue weighted by molar-refractivity contribution is 0.0663. The largest absolute Gasteiger partial charge is 0.394 e.